The molecule has 1 aliphatic carbocycles. The van der Waals surface area contributed by atoms with E-state index in [1.165, 1.54) is 31.2 Å². The van der Waals surface area contributed by atoms with Crippen molar-refractivity contribution >= 4 is 5.69 Å². The van der Waals surface area contributed by atoms with Crippen LogP contribution in [-0.2, 0) is 0 Å². The smallest absolute Gasteiger partial charge is 0.124 e. The Hall–Kier alpha value is -1.18. The summed E-state index contributed by atoms with van der Waals surface area (Å²) in [6.45, 7) is 4.38. The Morgan fingerprint density at radius 2 is 2.12 bits per heavy atom. The molecule has 2 unspecified atom stereocenters. The molecule has 2 N–H and O–H groups in total. The van der Waals surface area contributed by atoms with Crippen molar-refractivity contribution in [1.29, 1.82) is 0 Å². The molecule has 0 bridgehead atoms. The molecule has 2 atom stereocenters. The van der Waals surface area contributed by atoms with Gasteiger partial charge >= 0.3 is 0 Å². The molecular weight excluding hydrogens is 198 g/mol. The summed E-state index contributed by atoms with van der Waals surface area (Å²) >= 11 is 0. The predicted molar refractivity (Wildman–Crippen MR) is 67.6 cm³/mol. The monoisotopic (exact) mass is 219 g/mol. The molecular formula is C14H21NO. The minimum Gasteiger partial charge on any atom is -0.490 e. The summed E-state index contributed by atoms with van der Waals surface area (Å²) in [7, 11) is 0. The van der Waals surface area contributed by atoms with Crippen LogP contribution in [0, 0.1) is 12.8 Å². The molecule has 1 aromatic carbocycles. The molecule has 16 heavy (non-hydrogen) atoms. The molecule has 0 radical (unpaired) electrons. The summed E-state index contributed by atoms with van der Waals surface area (Å²) in [6.07, 6.45) is 5.36. The predicted octanol–water partition coefficient (Wildman–Crippen LogP) is 3.53. The van der Waals surface area contributed by atoms with Crippen LogP contribution in [0.1, 0.15) is 38.2 Å². The number of benzene rings is 1. The number of aryl methyl sites for hydroxylation is 1. The molecule has 0 heterocycles. The first-order valence-corrected chi connectivity index (χ1v) is 6.18. The zero-order valence-corrected chi connectivity index (χ0v) is 10.2. The van der Waals surface area contributed by atoms with Crippen LogP contribution in [0.2, 0.25) is 0 Å². The Kier molecular flexibility index (Phi) is 3.37. The average molecular weight is 219 g/mol. The maximum absolute atomic E-state index is 6.06. The number of hydrogen-bond donors (Lipinski definition) is 1. The average Bonchev–Trinajstić information content (AvgIpc) is 2.24. The molecule has 0 aromatic heterocycles. The van der Waals surface area contributed by atoms with E-state index >= 15 is 0 Å². The molecule has 2 heteroatoms. The van der Waals surface area contributed by atoms with Gasteiger partial charge in [0.15, 0.2) is 0 Å². The van der Waals surface area contributed by atoms with Crippen molar-refractivity contribution in [3.8, 4) is 5.75 Å². The largest absolute Gasteiger partial charge is 0.490 e. The molecule has 2 nitrogen and oxygen atoms in total. The van der Waals surface area contributed by atoms with Crippen molar-refractivity contribution in [2.24, 2.45) is 5.92 Å². The topological polar surface area (TPSA) is 35.2 Å². The molecule has 0 saturated heterocycles. The van der Waals surface area contributed by atoms with Gasteiger partial charge in [0, 0.05) is 11.8 Å². The van der Waals surface area contributed by atoms with Gasteiger partial charge in [0.05, 0.1) is 6.10 Å². The fourth-order valence-corrected chi connectivity index (χ4v) is 2.41. The number of hydrogen-bond acceptors (Lipinski definition) is 2. The van der Waals surface area contributed by atoms with Crippen LogP contribution in [-0.4, -0.2) is 6.10 Å². The fraction of sp³-hybridized carbons (Fsp3) is 0.571. The molecule has 0 aliphatic heterocycles. The molecule has 1 aliphatic rings. The van der Waals surface area contributed by atoms with E-state index < -0.39 is 0 Å². The molecule has 2 rings (SSSR count). The fourth-order valence-electron chi connectivity index (χ4n) is 2.41. The second-order valence-electron chi connectivity index (χ2n) is 5.04. The summed E-state index contributed by atoms with van der Waals surface area (Å²) in [5, 5.41) is 0. The van der Waals surface area contributed by atoms with E-state index in [2.05, 4.69) is 13.8 Å². The number of nitrogens with two attached hydrogens (primary N) is 1. The first-order valence-electron chi connectivity index (χ1n) is 6.18. The lowest BCUT2D eigenvalue weighted by Gasteiger charge is -2.28. The molecule has 1 aromatic rings. The third-order valence-electron chi connectivity index (χ3n) is 3.39. The minimum absolute atomic E-state index is 0.379. The van der Waals surface area contributed by atoms with Gasteiger partial charge in [0.2, 0.25) is 0 Å². The van der Waals surface area contributed by atoms with Gasteiger partial charge in [0.1, 0.15) is 5.75 Å². The highest BCUT2D eigenvalue weighted by Crippen LogP contribution is 2.29. The third-order valence-corrected chi connectivity index (χ3v) is 3.39. The second-order valence-corrected chi connectivity index (χ2v) is 5.04. The van der Waals surface area contributed by atoms with E-state index in [0.29, 0.717) is 6.10 Å². The maximum atomic E-state index is 6.06. The van der Waals surface area contributed by atoms with E-state index in [-0.39, 0.29) is 0 Å². The van der Waals surface area contributed by atoms with Crippen molar-refractivity contribution in [3.63, 3.8) is 0 Å². The van der Waals surface area contributed by atoms with Gasteiger partial charge in [0.25, 0.3) is 0 Å². The Bertz CT molecular complexity index is 362. The van der Waals surface area contributed by atoms with E-state index in [0.717, 1.165) is 17.4 Å². The van der Waals surface area contributed by atoms with Crippen LogP contribution >= 0.6 is 0 Å². The summed E-state index contributed by atoms with van der Waals surface area (Å²) < 4.78 is 6.06. The first kappa shape index (κ1) is 11.3. The lowest BCUT2D eigenvalue weighted by Crippen LogP contribution is -2.24. The van der Waals surface area contributed by atoms with Gasteiger partial charge in [-0.2, -0.15) is 0 Å². The SMILES string of the molecule is Cc1ccc(N)cc1OC1CCCC(C)C1. The van der Waals surface area contributed by atoms with Gasteiger partial charge in [-0.1, -0.05) is 19.4 Å². The Morgan fingerprint density at radius 3 is 2.88 bits per heavy atom. The van der Waals surface area contributed by atoms with Crippen molar-refractivity contribution in [2.45, 2.75) is 45.6 Å². The van der Waals surface area contributed by atoms with Crippen LogP contribution in [0.5, 0.6) is 5.75 Å². The minimum atomic E-state index is 0.379. The van der Waals surface area contributed by atoms with Gasteiger partial charge in [-0.25, -0.2) is 0 Å². The standard InChI is InChI=1S/C14H21NO/c1-10-4-3-5-13(8-10)16-14-9-12(15)7-6-11(14)2/h6-7,9-10,13H,3-5,8,15H2,1-2H3. The van der Waals surface area contributed by atoms with Crippen molar-refractivity contribution in [3.05, 3.63) is 23.8 Å². The molecule has 1 fully saturated rings. The number of ether oxygens (including phenoxy) is 1. The highest BCUT2D eigenvalue weighted by Gasteiger charge is 2.20. The van der Waals surface area contributed by atoms with E-state index in [1.54, 1.807) is 0 Å². The van der Waals surface area contributed by atoms with Crippen LogP contribution in [0.15, 0.2) is 18.2 Å². The zero-order valence-electron chi connectivity index (χ0n) is 10.2. The summed E-state index contributed by atoms with van der Waals surface area (Å²) in [5.41, 5.74) is 7.74. The molecule has 0 spiro atoms. The number of nitrogen functional groups attached to an aromatic ring is 1. The third kappa shape index (κ3) is 2.69. The lowest BCUT2D eigenvalue weighted by molar-refractivity contribution is 0.128. The van der Waals surface area contributed by atoms with Gasteiger partial charge in [-0.15, -0.1) is 0 Å². The summed E-state index contributed by atoms with van der Waals surface area (Å²) in [4.78, 5) is 0. The number of anilines is 1. The summed E-state index contributed by atoms with van der Waals surface area (Å²) in [5.74, 6) is 1.75. The normalized spacial score (nSPS) is 25.4. The molecule has 0 amide bonds. The molecule has 88 valence electrons. The quantitative estimate of drug-likeness (QED) is 0.772. The Morgan fingerprint density at radius 1 is 1.31 bits per heavy atom. The second kappa shape index (κ2) is 4.77. The maximum Gasteiger partial charge on any atom is 0.124 e. The Labute approximate surface area is 97.8 Å². The summed E-state index contributed by atoms with van der Waals surface area (Å²) in [6, 6.07) is 5.89. The lowest BCUT2D eigenvalue weighted by atomic mass is 9.88. The highest BCUT2D eigenvalue weighted by atomic mass is 16.5. The van der Waals surface area contributed by atoms with Crippen LogP contribution in [0.4, 0.5) is 5.69 Å². The van der Waals surface area contributed by atoms with Crippen molar-refractivity contribution in [1.82, 2.24) is 0 Å². The van der Waals surface area contributed by atoms with E-state index in [4.69, 9.17) is 10.5 Å². The van der Waals surface area contributed by atoms with Crippen molar-refractivity contribution in [2.75, 3.05) is 5.73 Å². The van der Waals surface area contributed by atoms with Crippen LogP contribution in [0.3, 0.4) is 0 Å². The number of rotatable bonds is 2. The first-order chi connectivity index (χ1) is 7.65. The van der Waals surface area contributed by atoms with Crippen LogP contribution < -0.4 is 10.5 Å². The van der Waals surface area contributed by atoms with Gasteiger partial charge < -0.3 is 10.5 Å². The van der Waals surface area contributed by atoms with Crippen molar-refractivity contribution < 1.29 is 4.74 Å². The Balaban J connectivity index is 2.05. The van der Waals surface area contributed by atoms with E-state index in [1.807, 2.05) is 18.2 Å². The zero-order chi connectivity index (χ0) is 11.5. The van der Waals surface area contributed by atoms with E-state index in [9.17, 15) is 0 Å². The van der Waals surface area contributed by atoms with Gasteiger partial charge in [-0.05, 0) is 43.7 Å². The molecule has 1 saturated carbocycles. The van der Waals surface area contributed by atoms with Crippen LogP contribution in [0.25, 0.3) is 0 Å². The van der Waals surface area contributed by atoms with Gasteiger partial charge in [-0.3, -0.25) is 0 Å². The highest BCUT2D eigenvalue weighted by molar-refractivity contribution is 5.48.